The topological polar surface area (TPSA) is 74.0 Å². The van der Waals surface area contributed by atoms with E-state index >= 15 is 0 Å². The van der Waals surface area contributed by atoms with Gasteiger partial charge in [-0.2, -0.15) is 0 Å². The zero-order valence-electron chi connectivity index (χ0n) is 17.0. The second-order valence-electron chi connectivity index (χ2n) is 6.99. The number of piperidine rings is 1. The summed E-state index contributed by atoms with van der Waals surface area (Å²) in [7, 11) is 0. The highest BCUT2D eigenvalue weighted by Crippen LogP contribution is 2.30. The highest BCUT2D eigenvalue weighted by molar-refractivity contribution is 5.95. The Balaban J connectivity index is 1.63. The number of likely N-dealkylation sites (tertiary alicyclic amines) is 1. The van der Waals surface area contributed by atoms with Crippen molar-refractivity contribution in [3.05, 3.63) is 54.1 Å². The second-order valence-corrected chi connectivity index (χ2v) is 6.99. The fourth-order valence-corrected chi connectivity index (χ4v) is 3.54. The van der Waals surface area contributed by atoms with E-state index in [4.69, 9.17) is 19.9 Å². The molecule has 1 fully saturated rings. The molecule has 1 aliphatic heterocycles. The van der Waals surface area contributed by atoms with Gasteiger partial charge in [0.25, 0.3) is 5.91 Å². The van der Waals surface area contributed by atoms with E-state index in [1.165, 1.54) is 0 Å². The highest BCUT2D eigenvalue weighted by atomic mass is 16.5. The predicted molar refractivity (Wildman–Crippen MR) is 113 cm³/mol. The Labute approximate surface area is 172 Å². The SMILES string of the molecule is CCOc1cc(C(=O)N2CCCCC2CN)ccc1OCCOc1ccccc1. The molecule has 3 rings (SSSR count). The number of rotatable bonds is 9. The molecule has 1 heterocycles. The van der Waals surface area contributed by atoms with Gasteiger partial charge in [-0.3, -0.25) is 4.79 Å². The summed E-state index contributed by atoms with van der Waals surface area (Å²) in [5.41, 5.74) is 6.47. The zero-order chi connectivity index (χ0) is 20.5. The molecular weight excluding hydrogens is 368 g/mol. The minimum atomic E-state index is 0.0000593. The van der Waals surface area contributed by atoms with Gasteiger partial charge in [0.05, 0.1) is 6.61 Å². The minimum absolute atomic E-state index is 0.0000593. The molecule has 0 aliphatic carbocycles. The summed E-state index contributed by atoms with van der Waals surface area (Å²) >= 11 is 0. The molecule has 2 aromatic rings. The van der Waals surface area contributed by atoms with Crippen molar-refractivity contribution in [1.82, 2.24) is 4.90 Å². The molecule has 0 spiro atoms. The van der Waals surface area contributed by atoms with Crippen LogP contribution in [0.1, 0.15) is 36.5 Å². The summed E-state index contributed by atoms with van der Waals surface area (Å²) in [6, 6.07) is 15.1. The van der Waals surface area contributed by atoms with Gasteiger partial charge in [-0.05, 0) is 56.5 Å². The van der Waals surface area contributed by atoms with Crippen LogP contribution < -0.4 is 19.9 Å². The van der Waals surface area contributed by atoms with Crippen molar-refractivity contribution in [3.8, 4) is 17.2 Å². The van der Waals surface area contributed by atoms with Crippen LogP contribution >= 0.6 is 0 Å². The average Bonchev–Trinajstić information content (AvgIpc) is 2.78. The average molecular weight is 399 g/mol. The number of hydrogen-bond donors (Lipinski definition) is 1. The molecule has 2 aromatic carbocycles. The number of benzene rings is 2. The molecule has 1 saturated heterocycles. The molecule has 6 nitrogen and oxygen atoms in total. The van der Waals surface area contributed by atoms with E-state index in [0.717, 1.165) is 31.6 Å². The predicted octanol–water partition coefficient (Wildman–Crippen LogP) is 3.50. The number of ether oxygens (including phenoxy) is 3. The van der Waals surface area contributed by atoms with Crippen molar-refractivity contribution in [2.75, 3.05) is 32.9 Å². The first-order chi connectivity index (χ1) is 14.2. The first-order valence-corrected chi connectivity index (χ1v) is 10.3. The van der Waals surface area contributed by atoms with Crippen LogP contribution in [0.3, 0.4) is 0 Å². The number of amides is 1. The number of carbonyl (C=O) groups excluding carboxylic acids is 1. The fraction of sp³-hybridized carbons (Fsp3) is 0.435. The number of nitrogens with two attached hydrogens (primary N) is 1. The fourth-order valence-electron chi connectivity index (χ4n) is 3.54. The molecular formula is C23H30N2O4. The Bertz CT molecular complexity index is 782. The Morgan fingerprint density at radius 3 is 2.59 bits per heavy atom. The van der Waals surface area contributed by atoms with Gasteiger partial charge in [-0.1, -0.05) is 18.2 Å². The number of hydrogen-bond acceptors (Lipinski definition) is 5. The molecule has 156 valence electrons. The maximum atomic E-state index is 13.0. The van der Waals surface area contributed by atoms with Gasteiger partial charge in [-0.25, -0.2) is 0 Å². The number of para-hydroxylation sites is 1. The monoisotopic (exact) mass is 398 g/mol. The molecule has 6 heteroatoms. The third-order valence-corrected chi connectivity index (χ3v) is 5.00. The molecule has 1 atom stereocenters. The largest absolute Gasteiger partial charge is 0.490 e. The summed E-state index contributed by atoms with van der Waals surface area (Å²) in [5.74, 6) is 1.98. The van der Waals surface area contributed by atoms with E-state index in [2.05, 4.69) is 0 Å². The van der Waals surface area contributed by atoms with Crippen molar-refractivity contribution >= 4 is 5.91 Å². The molecule has 1 aliphatic rings. The summed E-state index contributed by atoms with van der Waals surface area (Å²) in [4.78, 5) is 14.9. The van der Waals surface area contributed by atoms with Crippen LogP contribution in [0.2, 0.25) is 0 Å². The van der Waals surface area contributed by atoms with Gasteiger partial charge < -0.3 is 24.8 Å². The lowest BCUT2D eigenvalue weighted by molar-refractivity contribution is 0.0622. The van der Waals surface area contributed by atoms with Crippen LogP contribution in [0.15, 0.2) is 48.5 Å². The van der Waals surface area contributed by atoms with Gasteiger partial charge in [0.15, 0.2) is 11.5 Å². The van der Waals surface area contributed by atoms with Gasteiger partial charge in [-0.15, -0.1) is 0 Å². The Morgan fingerprint density at radius 1 is 1.03 bits per heavy atom. The van der Waals surface area contributed by atoms with Crippen molar-refractivity contribution in [2.24, 2.45) is 5.73 Å². The van der Waals surface area contributed by atoms with Gasteiger partial charge in [0.2, 0.25) is 0 Å². The standard InChI is InChI=1S/C23H30N2O4/c1-2-27-22-16-18(23(26)25-13-7-6-8-19(25)17-24)11-12-21(22)29-15-14-28-20-9-4-3-5-10-20/h3-5,9-12,16,19H,2,6-8,13-15,17,24H2,1H3. The normalized spacial score (nSPS) is 16.3. The first-order valence-electron chi connectivity index (χ1n) is 10.3. The van der Waals surface area contributed by atoms with Crippen molar-refractivity contribution in [1.29, 1.82) is 0 Å². The summed E-state index contributed by atoms with van der Waals surface area (Å²) < 4.78 is 17.2. The summed E-state index contributed by atoms with van der Waals surface area (Å²) in [5, 5.41) is 0. The molecule has 2 N–H and O–H groups in total. The molecule has 0 aromatic heterocycles. The third-order valence-electron chi connectivity index (χ3n) is 5.00. The van der Waals surface area contributed by atoms with Crippen molar-refractivity contribution < 1.29 is 19.0 Å². The maximum Gasteiger partial charge on any atom is 0.254 e. The van der Waals surface area contributed by atoms with Crippen LogP contribution in [0.25, 0.3) is 0 Å². The number of nitrogens with zero attached hydrogens (tertiary/aromatic N) is 1. The first kappa shape index (κ1) is 21.0. The Hall–Kier alpha value is -2.73. The van der Waals surface area contributed by atoms with E-state index in [1.54, 1.807) is 18.2 Å². The van der Waals surface area contributed by atoms with Crippen LogP contribution in [0.4, 0.5) is 0 Å². The Kier molecular flexibility index (Phi) is 7.76. The Morgan fingerprint density at radius 2 is 1.83 bits per heavy atom. The van der Waals surface area contributed by atoms with Crippen molar-refractivity contribution in [2.45, 2.75) is 32.2 Å². The summed E-state index contributed by atoms with van der Waals surface area (Å²) in [6.45, 7) is 4.44. The van der Waals surface area contributed by atoms with Gasteiger partial charge in [0, 0.05) is 24.7 Å². The lowest BCUT2D eigenvalue weighted by Gasteiger charge is -2.35. The van der Waals surface area contributed by atoms with E-state index in [9.17, 15) is 4.79 Å². The van der Waals surface area contributed by atoms with E-state index in [-0.39, 0.29) is 11.9 Å². The second kappa shape index (κ2) is 10.7. The molecule has 1 unspecified atom stereocenters. The van der Waals surface area contributed by atoms with Crippen LogP contribution in [0.5, 0.6) is 17.2 Å². The van der Waals surface area contributed by atoms with E-state index < -0.39 is 0 Å². The highest BCUT2D eigenvalue weighted by Gasteiger charge is 2.27. The van der Waals surface area contributed by atoms with Crippen LogP contribution in [-0.4, -0.2) is 49.8 Å². The lowest BCUT2D eigenvalue weighted by Crippen LogP contribution is -2.47. The van der Waals surface area contributed by atoms with Crippen molar-refractivity contribution in [3.63, 3.8) is 0 Å². The van der Waals surface area contributed by atoms with Crippen LogP contribution in [0, 0.1) is 0 Å². The molecule has 0 bridgehead atoms. The number of carbonyl (C=O) groups is 1. The zero-order valence-corrected chi connectivity index (χ0v) is 17.0. The van der Waals surface area contributed by atoms with Gasteiger partial charge in [0.1, 0.15) is 19.0 Å². The molecule has 1 amide bonds. The summed E-state index contributed by atoms with van der Waals surface area (Å²) in [6.07, 6.45) is 3.10. The lowest BCUT2D eigenvalue weighted by atomic mass is 10.0. The van der Waals surface area contributed by atoms with E-state index in [0.29, 0.717) is 43.4 Å². The molecule has 29 heavy (non-hydrogen) atoms. The van der Waals surface area contributed by atoms with Crippen LogP contribution in [-0.2, 0) is 0 Å². The van der Waals surface area contributed by atoms with E-state index in [1.807, 2.05) is 42.2 Å². The third kappa shape index (κ3) is 5.64. The van der Waals surface area contributed by atoms with Gasteiger partial charge >= 0.3 is 0 Å². The minimum Gasteiger partial charge on any atom is -0.490 e. The molecule has 0 saturated carbocycles. The quantitative estimate of drug-likeness (QED) is 0.655. The molecule has 0 radical (unpaired) electrons. The smallest absolute Gasteiger partial charge is 0.254 e. The maximum absolute atomic E-state index is 13.0.